The summed E-state index contributed by atoms with van der Waals surface area (Å²) in [5, 5.41) is 2.92. The van der Waals surface area contributed by atoms with Gasteiger partial charge in [-0.25, -0.2) is 4.79 Å². The summed E-state index contributed by atoms with van der Waals surface area (Å²) in [5.74, 6) is -0.500. The number of benzene rings is 2. The first kappa shape index (κ1) is 20.1. The van der Waals surface area contributed by atoms with E-state index in [4.69, 9.17) is 4.74 Å². The number of carbonyl (C=O) groups excluding carboxylic acids is 1. The van der Waals surface area contributed by atoms with Gasteiger partial charge in [0.1, 0.15) is 6.54 Å². The van der Waals surface area contributed by atoms with Crippen molar-refractivity contribution in [3.63, 3.8) is 0 Å². The molecule has 152 valence electrons. The van der Waals surface area contributed by atoms with E-state index in [1.165, 1.54) is 25.3 Å². The number of fused-ring (bicyclic) bond motifs is 1. The molecule has 1 amide bonds. The fourth-order valence-electron chi connectivity index (χ4n) is 2.81. The van der Waals surface area contributed by atoms with E-state index in [2.05, 4.69) is 15.0 Å². The van der Waals surface area contributed by atoms with Gasteiger partial charge in [0.15, 0.2) is 11.5 Å². The molecule has 0 aliphatic carbocycles. The summed E-state index contributed by atoms with van der Waals surface area (Å²) in [6, 6.07) is 10.7. The maximum atomic E-state index is 12.4. The predicted octanol–water partition coefficient (Wildman–Crippen LogP) is 1.62. The van der Waals surface area contributed by atoms with Crippen molar-refractivity contribution in [3.05, 3.63) is 68.9 Å². The minimum Gasteiger partial charge on any atom is -0.493 e. The summed E-state index contributed by atoms with van der Waals surface area (Å²) < 4.78 is 35.3. The first-order valence-electron chi connectivity index (χ1n) is 8.49. The first-order valence-corrected chi connectivity index (χ1v) is 8.49. The molecule has 2 N–H and O–H groups in total. The van der Waals surface area contributed by atoms with Crippen molar-refractivity contribution in [2.75, 3.05) is 7.11 Å². The lowest BCUT2D eigenvalue weighted by Crippen LogP contribution is -2.36. The molecule has 0 atom stereocenters. The number of para-hydroxylation sites is 1. The number of amides is 1. The molecule has 3 rings (SSSR count). The van der Waals surface area contributed by atoms with Gasteiger partial charge < -0.3 is 14.8 Å². The van der Waals surface area contributed by atoms with Crippen molar-refractivity contribution in [1.29, 1.82) is 0 Å². The highest BCUT2D eigenvalue weighted by Crippen LogP contribution is 2.29. The highest BCUT2D eigenvalue weighted by molar-refractivity contribution is 5.81. The van der Waals surface area contributed by atoms with Crippen LogP contribution >= 0.6 is 0 Å². The molecule has 0 radical (unpaired) electrons. The van der Waals surface area contributed by atoms with Gasteiger partial charge in [0.2, 0.25) is 5.91 Å². The van der Waals surface area contributed by atoms with Gasteiger partial charge in [0.05, 0.1) is 18.0 Å². The maximum absolute atomic E-state index is 12.4. The average Bonchev–Trinajstić information content (AvgIpc) is 2.70. The zero-order valence-electron chi connectivity index (χ0n) is 15.3. The van der Waals surface area contributed by atoms with E-state index in [-0.39, 0.29) is 24.6 Å². The van der Waals surface area contributed by atoms with Gasteiger partial charge in [-0.15, -0.1) is 0 Å². The third-order valence-electron chi connectivity index (χ3n) is 4.14. The molecule has 8 nitrogen and oxygen atoms in total. The number of rotatable bonds is 7. The number of halogens is 2. The van der Waals surface area contributed by atoms with Crippen molar-refractivity contribution in [2.45, 2.75) is 19.7 Å². The summed E-state index contributed by atoms with van der Waals surface area (Å²) in [5.41, 5.74) is -0.304. The molecule has 0 saturated heterocycles. The number of nitrogens with one attached hydrogen (secondary N) is 2. The molecule has 29 heavy (non-hydrogen) atoms. The van der Waals surface area contributed by atoms with Gasteiger partial charge in [0.25, 0.3) is 5.56 Å². The van der Waals surface area contributed by atoms with Gasteiger partial charge in [-0.1, -0.05) is 18.2 Å². The Hall–Kier alpha value is -3.69. The largest absolute Gasteiger partial charge is 0.493 e. The fraction of sp³-hybridized carbons (Fsp3) is 0.211. The molecule has 1 heterocycles. The highest BCUT2D eigenvalue weighted by Gasteiger charge is 2.13. The molecule has 2 aromatic carbocycles. The van der Waals surface area contributed by atoms with Crippen LogP contribution < -0.4 is 26.0 Å². The quantitative estimate of drug-likeness (QED) is 0.622. The number of H-pyrrole nitrogens is 1. The lowest BCUT2D eigenvalue weighted by Gasteiger charge is -2.12. The van der Waals surface area contributed by atoms with Crippen LogP contribution in [-0.2, 0) is 17.9 Å². The topological polar surface area (TPSA) is 102 Å². The number of carbonyl (C=O) groups is 1. The van der Waals surface area contributed by atoms with Crippen LogP contribution in [0.3, 0.4) is 0 Å². The second-order valence-corrected chi connectivity index (χ2v) is 6.00. The van der Waals surface area contributed by atoms with Crippen LogP contribution in [0.1, 0.15) is 5.56 Å². The number of aromatic amines is 1. The molecule has 0 unspecified atom stereocenters. The SMILES string of the molecule is COc1cc(CNC(=O)Cn2c(=O)[nH]c(=O)c3ccccc32)ccc1OC(F)F. The number of methoxy groups -OCH3 is 1. The first-order chi connectivity index (χ1) is 13.9. The van der Waals surface area contributed by atoms with Crippen molar-refractivity contribution < 1.29 is 23.0 Å². The Bertz CT molecular complexity index is 1160. The fourth-order valence-corrected chi connectivity index (χ4v) is 2.81. The standard InChI is InChI=1S/C19H17F2N3O5/c1-28-15-8-11(6-7-14(15)29-18(20)21)9-22-16(25)10-24-13-5-3-2-4-12(13)17(26)23-19(24)27/h2-8,18H,9-10H2,1H3,(H,22,25)(H,23,26,27). The Labute approximate surface area is 162 Å². The molecule has 0 aliphatic rings. The highest BCUT2D eigenvalue weighted by atomic mass is 19.3. The van der Waals surface area contributed by atoms with Crippen molar-refractivity contribution in [3.8, 4) is 11.5 Å². The van der Waals surface area contributed by atoms with E-state index in [1.54, 1.807) is 24.3 Å². The van der Waals surface area contributed by atoms with Crippen molar-refractivity contribution >= 4 is 16.8 Å². The minimum atomic E-state index is -2.99. The Balaban J connectivity index is 1.74. The second kappa shape index (κ2) is 8.55. The molecule has 0 aliphatic heterocycles. The number of hydrogen-bond donors (Lipinski definition) is 2. The van der Waals surface area contributed by atoms with E-state index in [9.17, 15) is 23.2 Å². The Morgan fingerprint density at radius 1 is 1.17 bits per heavy atom. The van der Waals surface area contributed by atoms with E-state index < -0.39 is 23.8 Å². The molecule has 0 fully saturated rings. The van der Waals surface area contributed by atoms with Crippen LogP contribution in [-0.4, -0.2) is 29.2 Å². The van der Waals surface area contributed by atoms with Crippen LogP contribution in [0.25, 0.3) is 10.9 Å². The van der Waals surface area contributed by atoms with Crippen molar-refractivity contribution in [1.82, 2.24) is 14.9 Å². The van der Waals surface area contributed by atoms with Crippen LogP contribution in [0.5, 0.6) is 11.5 Å². The Morgan fingerprint density at radius 2 is 1.93 bits per heavy atom. The summed E-state index contributed by atoms with van der Waals surface area (Å²) in [7, 11) is 1.31. The summed E-state index contributed by atoms with van der Waals surface area (Å²) in [6.07, 6.45) is 0. The lowest BCUT2D eigenvalue weighted by molar-refractivity contribution is -0.121. The summed E-state index contributed by atoms with van der Waals surface area (Å²) in [4.78, 5) is 38.5. The predicted molar refractivity (Wildman–Crippen MR) is 100 cm³/mol. The van der Waals surface area contributed by atoms with Crippen LogP contribution in [0.4, 0.5) is 8.78 Å². The molecular formula is C19H17F2N3O5. The molecule has 0 saturated carbocycles. The Kier molecular flexibility index (Phi) is 5.91. The van der Waals surface area contributed by atoms with Crippen LogP contribution in [0.15, 0.2) is 52.1 Å². The maximum Gasteiger partial charge on any atom is 0.387 e. The zero-order valence-corrected chi connectivity index (χ0v) is 15.3. The Morgan fingerprint density at radius 3 is 2.66 bits per heavy atom. The molecule has 0 spiro atoms. The van der Waals surface area contributed by atoms with Gasteiger partial charge in [-0.05, 0) is 29.8 Å². The molecule has 10 heteroatoms. The number of nitrogens with zero attached hydrogens (tertiary/aromatic N) is 1. The number of aromatic nitrogens is 2. The zero-order chi connectivity index (χ0) is 21.0. The third kappa shape index (κ3) is 4.60. The summed E-state index contributed by atoms with van der Waals surface area (Å²) >= 11 is 0. The van der Waals surface area contributed by atoms with Crippen molar-refractivity contribution in [2.24, 2.45) is 0 Å². The van der Waals surface area contributed by atoms with Gasteiger partial charge in [-0.2, -0.15) is 8.78 Å². The van der Waals surface area contributed by atoms with E-state index in [0.29, 0.717) is 16.5 Å². The number of alkyl halides is 2. The molecule has 3 aromatic rings. The number of hydrogen-bond acceptors (Lipinski definition) is 5. The molecular weight excluding hydrogens is 388 g/mol. The summed E-state index contributed by atoms with van der Waals surface area (Å²) in [6.45, 7) is -3.22. The van der Waals surface area contributed by atoms with Gasteiger partial charge >= 0.3 is 12.3 Å². The monoisotopic (exact) mass is 405 g/mol. The smallest absolute Gasteiger partial charge is 0.387 e. The normalized spacial score (nSPS) is 10.9. The molecule has 1 aromatic heterocycles. The van der Waals surface area contributed by atoms with Gasteiger partial charge in [-0.3, -0.25) is 19.1 Å². The lowest BCUT2D eigenvalue weighted by atomic mass is 10.2. The van der Waals surface area contributed by atoms with Crippen LogP contribution in [0.2, 0.25) is 0 Å². The second-order valence-electron chi connectivity index (χ2n) is 6.00. The van der Waals surface area contributed by atoms with Gasteiger partial charge in [0, 0.05) is 6.54 Å². The minimum absolute atomic E-state index is 0.0696. The average molecular weight is 405 g/mol. The van der Waals surface area contributed by atoms with Crippen LogP contribution in [0, 0.1) is 0 Å². The van der Waals surface area contributed by atoms with E-state index >= 15 is 0 Å². The molecule has 0 bridgehead atoms. The van der Waals surface area contributed by atoms with E-state index in [1.807, 2.05) is 0 Å². The van der Waals surface area contributed by atoms with E-state index in [0.717, 1.165) is 4.57 Å². The number of ether oxygens (including phenoxy) is 2. The third-order valence-corrected chi connectivity index (χ3v) is 4.14.